The van der Waals surface area contributed by atoms with Crippen LogP contribution in [0.25, 0.3) is 6.08 Å². The summed E-state index contributed by atoms with van der Waals surface area (Å²) in [6.45, 7) is 0. The van der Waals surface area contributed by atoms with Crippen LogP contribution in [0.1, 0.15) is 37.4 Å². The number of benzene rings is 3. The largest absolute Gasteiger partial charge is 0.332 e. The first-order chi connectivity index (χ1) is 14.5. The van der Waals surface area contributed by atoms with E-state index in [2.05, 4.69) is 10.6 Å². The minimum Gasteiger partial charge on any atom is -0.332 e. The maximum atomic E-state index is 12.8. The fraction of sp³-hybridized carbons (Fsp3) is 0. The lowest BCUT2D eigenvalue weighted by molar-refractivity contribution is -0.115. The van der Waals surface area contributed by atoms with Crippen molar-refractivity contribution >= 4 is 46.6 Å². The standard InChI is InChI=1S/C24H16N2O3S/c27-21(13-10-15-6-2-1-3-7-15)26-24(30)25-16-11-12-19-20(14-16)23(29)18-9-5-4-8-17(18)22(19)28/h1-14H,(H2,25,26,27,30). The van der Waals surface area contributed by atoms with Gasteiger partial charge in [-0.3, -0.25) is 19.7 Å². The van der Waals surface area contributed by atoms with Crippen molar-refractivity contribution in [3.8, 4) is 0 Å². The molecule has 30 heavy (non-hydrogen) atoms. The van der Waals surface area contributed by atoms with E-state index < -0.39 is 0 Å². The van der Waals surface area contributed by atoms with Crippen molar-refractivity contribution in [3.63, 3.8) is 0 Å². The van der Waals surface area contributed by atoms with Gasteiger partial charge in [-0.1, -0.05) is 54.6 Å². The number of thiocarbonyl (C=S) groups is 1. The molecule has 0 aliphatic heterocycles. The molecule has 3 aromatic rings. The number of hydrogen-bond donors (Lipinski definition) is 2. The molecule has 146 valence electrons. The maximum absolute atomic E-state index is 12.8. The highest BCUT2D eigenvalue weighted by Gasteiger charge is 2.29. The normalized spacial score (nSPS) is 12.3. The van der Waals surface area contributed by atoms with Crippen molar-refractivity contribution in [3.05, 3.63) is 107 Å². The lowest BCUT2D eigenvalue weighted by Gasteiger charge is -2.18. The van der Waals surface area contributed by atoms with Crippen molar-refractivity contribution < 1.29 is 14.4 Å². The summed E-state index contributed by atoms with van der Waals surface area (Å²) in [4.78, 5) is 37.5. The lowest BCUT2D eigenvalue weighted by Crippen LogP contribution is -2.33. The summed E-state index contributed by atoms with van der Waals surface area (Å²) >= 11 is 5.18. The van der Waals surface area contributed by atoms with Crippen molar-refractivity contribution in [2.75, 3.05) is 5.32 Å². The average Bonchev–Trinajstić information content (AvgIpc) is 2.76. The summed E-state index contributed by atoms with van der Waals surface area (Å²) in [5.74, 6) is -0.784. The van der Waals surface area contributed by atoms with Gasteiger partial charge in [-0.2, -0.15) is 0 Å². The third-order valence-corrected chi connectivity index (χ3v) is 4.85. The van der Waals surface area contributed by atoms with Crippen LogP contribution in [0.2, 0.25) is 0 Å². The van der Waals surface area contributed by atoms with E-state index >= 15 is 0 Å². The number of anilines is 1. The number of rotatable bonds is 3. The molecule has 0 saturated heterocycles. The Bertz CT molecular complexity index is 1220. The summed E-state index contributed by atoms with van der Waals surface area (Å²) < 4.78 is 0. The minimum atomic E-state index is -0.380. The van der Waals surface area contributed by atoms with Crippen LogP contribution in [0.5, 0.6) is 0 Å². The second-order valence-corrected chi connectivity index (χ2v) is 7.06. The molecule has 0 radical (unpaired) electrons. The topological polar surface area (TPSA) is 75.3 Å². The van der Waals surface area contributed by atoms with Crippen LogP contribution < -0.4 is 10.6 Å². The molecule has 0 fully saturated rings. The highest BCUT2D eigenvalue weighted by Crippen LogP contribution is 2.29. The van der Waals surface area contributed by atoms with E-state index in [1.54, 1.807) is 48.5 Å². The van der Waals surface area contributed by atoms with Gasteiger partial charge < -0.3 is 5.32 Å². The summed E-state index contributed by atoms with van der Waals surface area (Å²) in [6, 6.07) is 21.0. The maximum Gasteiger partial charge on any atom is 0.250 e. The van der Waals surface area contributed by atoms with Gasteiger partial charge in [-0.05, 0) is 42.1 Å². The van der Waals surface area contributed by atoms with E-state index in [1.807, 2.05) is 30.3 Å². The van der Waals surface area contributed by atoms with Gasteiger partial charge in [-0.15, -0.1) is 0 Å². The van der Waals surface area contributed by atoms with E-state index in [9.17, 15) is 14.4 Å². The molecule has 0 heterocycles. The number of hydrogen-bond acceptors (Lipinski definition) is 4. The van der Waals surface area contributed by atoms with Crippen LogP contribution in [-0.4, -0.2) is 22.6 Å². The van der Waals surface area contributed by atoms with Crippen molar-refractivity contribution in [1.82, 2.24) is 5.32 Å². The highest BCUT2D eigenvalue weighted by molar-refractivity contribution is 7.80. The molecule has 2 N–H and O–H groups in total. The van der Waals surface area contributed by atoms with E-state index in [0.717, 1.165) is 5.56 Å². The van der Waals surface area contributed by atoms with E-state index in [-0.39, 0.29) is 22.6 Å². The van der Waals surface area contributed by atoms with Crippen molar-refractivity contribution in [2.24, 2.45) is 0 Å². The molecule has 4 rings (SSSR count). The van der Waals surface area contributed by atoms with E-state index in [4.69, 9.17) is 12.2 Å². The van der Waals surface area contributed by atoms with Gasteiger partial charge in [0.2, 0.25) is 5.91 Å². The molecule has 1 amide bonds. The monoisotopic (exact) mass is 412 g/mol. The second kappa shape index (κ2) is 8.23. The van der Waals surface area contributed by atoms with Crippen molar-refractivity contribution in [2.45, 2.75) is 0 Å². The number of ketones is 2. The zero-order valence-corrected chi connectivity index (χ0v) is 16.5. The van der Waals surface area contributed by atoms with Crippen LogP contribution in [0, 0.1) is 0 Å². The molecule has 0 aromatic heterocycles. The van der Waals surface area contributed by atoms with Gasteiger partial charge in [0.25, 0.3) is 0 Å². The number of carbonyl (C=O) groups excluding carboxylic acids is 3. The van der Waals surface area contributed by atoms with Crippen LogP contribution in [0.15, 0.2) is 78.9 Å². The number of fused-ring (bicyclic) bond motifs is 2. The Morgan fingerprint density at radius 2 is 1.37 bits per heavy atom. The summed E-state index contributed by atoms with van der Waals surface area (Å²) in [5, 5.41) is 5.53. The molecule has 0 unspecified atom stereocenters. The first kappa shape index (κ1) is 19.4. The first-order valence-electron chi connectivity index (χ1n) is 9.20. The fourth-order valence-electron chi connectivity index (χ4n) is 3.23. The van der Waals surface area contributed by atoms with Crippen LogP contribution in [-0.2, 0) is 4.79 Å². The Morgan fingerprint density at radius 3 is 2.07 bits per heavy atom. The van der Waals surface area contributed by atoms with Gasteiger partial charge in [0, 0.05) is 34.0 Å². The molecule has 1 aliphatic carbocycles. The molecule has 0 atom stereocenters. The van der Waals surface area contributed by atoms with E-state index in [0.29, 0.717) is 27.9 Å². The Morgan fingerprint density at radius 1 is 0.767 bits per heavy atom. The zero-order valence-electron chi connectivity index (χ0n) is 15.7. The Kier molecular flexibility index (Phi) is 5.32. The molecule has 3 aromatic carbocycles. The highest BCUT2D eigenvalue weighted by atomic mass is 32.1. The molecular weight excluding hydrogens is 396 g/mol. The quantitative estimate of drug-likeness (QED) is 0.393. The van der Waals surface area contributed by atoms with Crippen LogP contribution in [0.4, 0.5) is 5.69 Å². The Hall–Kier alpha value is -3.90. The van der Waals surface area contributed by atoms with Crippen LogP contribution >= 0.6 is 12.2 Å². The van der Waals surface area contributed by atoms with Gasteiger partial charge in [0.1, 0.15) is 0 Å². The summed E-state index contributed by atoms with van der Waals surface area (Å²) in [6.07, 6.45) is 3.06. The van der Waals surface area contributed by atoms with Crippen molar-refractivity contribution in [1.29, 1.82) is 0 Å². The zero-order chi connectivity index (χ0) is 21.1. The van der Waals surface area contributed by atoms with Gasteiger partial charge in [-0.25, -0.2) is 0 Å². The Balaban J connectivity index is 1.46. The number of nitrogens with one attached hydrogen (secondary N) is 2. The smallest absolute Gasteiger partial charge is 0.250 e. The van der Waals surface area contributed by atoms with E-state index in [1.165, 1.54) is 6.08 Å². The van der Waals surface area contributed by atoms with Crippen LogP contribution in [0.3, 0.4) is 0 Å². The third-order valence-electron chi connectivity index (χ3n) is 4.65. The fourth-order valence-corrected chi connectivity index (χ4v) is 3.45. The molecule has 1 aliphatic rings. The number of amides is 1. The minimum absolute atomic E-state index is 0.0904. The molecule has 0 spiro atoms. The molecule has 0 saturated carbocycles. The molecule has 6 heteroatoms. The van der Waals surface area contributed by atoms with Gasteiger partial charge >= 0.3 is 0 Å². The third kappa shape index (κ3) is 3.94. The summed E-state index contributed by atoms with van der Waals surface area (Å²) in [5.41, 5.74) is 2.85. The van der Waals surface area contributed by atoms with Gasteiger partial charge in [0.05, 0.1) is 0 Å². The average molecular weight is 412 g/mol. The first-order valence-corrected chi connectivity index (χ1v) is 9.61. The molecular formula is C24H16N2O3S. The predicted molar refractivity (Wildman–Crippen MR) is 120 cm³/mol. The lowest BCUT2D eigenvalue weighted by atomic mass is 9.84. The number of carbonyl (C=O) groups is 3. The SMILES string of the molecule is O=C(C=Cc1ccccc1)NC(=S)Nc1ccc2c(c1)C(=O)c1ccccc1C2=O. The van der Waals surface area contributed by atoms with Gasteiger partial charge in [0.15, 0.2) is 16.7 Å². The second-order valence-electron chi connectivity index (χ2n) is 6.65. The Labute approximate surface area is 178 Å². The summed E-state index contributed by atoms with van der Waals surface area (Å²) in [7, 11) is 0. The molecule has 0 bridgehead atoms. The molecule has 5 nitrogen and oxygen atoms in total. The predicted octanol–water partition coefficient (Wildman–Crippen LogP) is 3.99.